The second kappa shape index (κ2) is 4.30. The minimum absolute atomic E-state index is 0.196. The lowest BCUT2D eigenvalue weighted by atomic mass is 10.0. The van der Waals surface area contributed by atoms with Crippen LogP contribution in [0, 0.1) is 5.92 Å². The van der Waals surface area contributed by atoms with Gasteiger partial charge in [-0.15, -0.1) is 0 Å². The average molecular weight is 126 g/mol. The second-order valence-corrected chi connectivity index (χ2v) is 2.21. The van der Waals surface area contributed by atoms with Crippen LogP contribution in [0.2, 0.25) is 0 Å². The molecule has 0 spiro atoms. The van der Waals surface area contributed by atoms with E-state index in [1.165, 1.54) is 0 Å². The van der Waals surface area contributed by atoms with Gasteiger partial charge < -0.3 is 0 Å². The maximum atomic E-state index is 10.9. The fraction of sp³-hybridized carbons (Fsp3) is 0.625. The first-order valence-electron chi connectivity index (χ1n) is 3.38. The van der Waals surface area contributed by atoms with Gasteiger partial charge in [0.2, 0.25) is 0 Å². The number of hydrogen-bond donors (Lipinski definition) is 0. The Morgan fingerprint density at radius 1 is 1.67 bits per heavy atom. The molecule has 0 aliphatic carbocycles. The highest BCUT2D eigenvalue weighted by atomic mass is 16.1. The molecule has 0 aromatic rings. The predicted octanol–water partition coefficient (Wildman–Crippen LogP) is 2.18. The lowest BCUT2D eigenvalue weighted by Gasteiger charge is -2.00. The minimum atomic E-state index is 0.196. The van der Waals surface area contributed by atoms with Crippen molar-refractivity contribution in [2.75, 3.05) is 0 Å². The van der Waals surface area contributed by atoms with Gasteiger partial charge in [0.1, 0.15) is 0 Å². The van der Waals surface area contributed by atoms with E-state index in [0.29, 0.717) is 0 Å². The normalized spacial score (nSPS) is 14.1. The highest BCUT2D eigenvalue weighted by molar-refractivity contribution is 5.91. The topological polar surface area (TPSA) is 17.1 Å². The van der Waals surface area contributed by atoms with E-state index in [1.807, 2.05) is 20.8 Å². The quantitative estimate of drug-likeness (QED) is 0.530. The Morgan fingerprint density at radius 2 is 2.22 bits per heavy atom. The summed E-state index contributed by atoms with van der Waals surface area (Å²) in [4.78, 5) is 10.9. The maximum absolute atomic E-state index is 10.9. The molecule has 0 radical (unpaired) electrons. The maximum Gasteiger partial charge on any atom is 0.158 e. The zero-order chi connectivity index (χ0) is 7.28. The van der Waals surface area contributed by atoms with Gasteiger partial charge in [-0.3, -0.25) is 4.79 Å². The van der Waals surface area contributed by atoms with Gasteiger partial charge in [0.15, 0.2) is 5.78 Å². The molecule has 0 heterocycles. The molecular weight excluding hydrogens is 112 g/mol. The van der Waals surface area contributed by atoms with E-state index in [2.05, 4.69) is 0 Å². The van der Waals surface area contributed by atoms with Crippen molar-refractivity contribution in [3.63, 3.8) is 0 Å². The molecule has 0 aliphatic heterocycles. The van der Waals surface area contributed by atoms with Crippen LogP contribution in [-0.2, 0) is 4.79 Å². The standard InChI is InChI=1S/C8H14O/c1-4-6-8(9)7(3)5-2/h4,6-7H,5H2,1-3H3/b6-4-/t7-/m0/s1. The second-order valence-electron chi connectivity index (χ2n) is 2.21. The Kier molecular flexibility index (Phi) is 4.02. The number of rotatable bonds is 3. The van der Waals surface area contributed by atoms with Gasteiger partial charge in [-0.25, -0.2) is 0 Å². The van der Waals surface area contributed by atoms with Crippen molar-refractivity contribution in [2.45, 2.75) is 27.2 Å². The molecule has 0 aromatic heterocycles. The summed E-state index contributed by atoms with van der Waals surface area (Å²) in [6.07, 6.45) is 4.35. The van der Waals surface area contributed by atoms with Crippen LogP contribution in [0.5, 0.6) is 0 Å². The zero-order valence-corrected chi connectivity index (χ0v) is 6.35. The minimum Gasteiger partial charge on any atom is -0.295 e. The van der Waals surface area contributed by atoms with E-state index >= 15 is 0 Å². The lowest BCUT2D eigenvalue weighted by molar-refractivity contribution is -0.117. The van der Waals surface area contributed by atoms with Crippen LogP contribution in [0.15, 0.2) is 12.2 Å². The molecule has 1 nitrogen and oxygen atoms in total. The summed E-state index contributed by atoms with van der Waals surface area (Å²) in [5.74, 6) is 0.432. The van der Waals surface area contributed by atoms with Crippen LogP contribution in [0.4, 0.5) is 0 Å². The van der Waals surface area contributed by atoms with Crippen LogP contribution >= 0.6 is 0 Å². The first-order valence-corrected chi connectivity index (χ1v) is 3.38. The molecular formula is C8H14O. The lowest BCUT2D eigenvalue weighted by Crippen LogP contribution is -2.05. The Bertz CT molecular complexity index is 114. The smallest absolute Gasteiger partial charge is 0.158 e. The number of carbonyl (C=O) groups excluding carboxylic acids is 1. The molecule has 0 saturated carbocycles. The highest BCUT2D eigenvalue weighted by Gasteiger charge is 2.04. The van der Waals surface area contributed by atoms with Gasteiger partial charge in [-0.05, 0) is 19.4 Å². The van der Waals surface area contributed by atoms with Crippen LogP contribution in [0.3, 0.4) is 0 Å². The summed E-state index contributed by atoms with van der Waals surface area (Å²) in [5, 5.41) is 0. The molecule has 0 rings (SSSR count). The largest absolute Gasteiger partial charge is 0.295 e. The molecule has 0 N–H and O–H groups in total. The van der Waals surface area contributed by atoms with Crippen LogP contribution in [0.25, 0.3) is 0 Å². The van der Waals surface area contributed by atoms with Crippen LogP contribution in [-0.4, -0.2) is 5.78 Å². The van der Waals surface area contributed by atoms with Gasteiger partial charge in [0, 0.05) is 5.92 Å². The molecule has 9 heavy (non-hydrogen) atoms. The van der Waals surface area contributed by atoms with Gasteiger partial charge in [-0.1, -0.05) is 19.9 Å². The molecule has 0 aliphatic rings. The van der Waals surface area contributed by atoms with Crippen molar-refractivity contribution in [2.24, 2.45) is 5.92 Å². The molecule has 0 unspecified atom stereocenters. The molecule has 52 valence electrons. The molecule has 0 aromatic carbocycles. The SMILES string of the molecule is C/C=C\C(=O)[C@@H](C)CC. The number of hydrogen-bond acceptors (Lipinski definition) is 1. The van der Waals surface area contributed by atoms with E-state index in [1.54, 1.807) is 12.2 Å². The number of allylic oxidation sites excluding steroid dienone is 2. The summed E-state index contributed by atoms with van der Waals surface area (Å²) in [5.41, 5.74) is 0. The van der Waals surface area contributed by atoms with Crippen molar-refractivity contribution in [1.82, 2.24) is 0 Å². The van der Waals surface area contributed by atoms with Gasteiger partial charge in [-0.2, -0.15) is 0 Å². The molecule has 0 saturated heterocycles. The summed E-state index contributed by atoms with van der Waals surface area (Å²) in [7, 11) is 0. The van der Waals surface area contributed by atoms with E-state index in [9.17, 15) is 4.79 Å². The molecule has 0 fully saturated rings. The van der Waals surface area contributed by atoms with E-state index in [4.69, 9.17) is 0 Å². The molecule has 1 heteroatoms. The monoisotopic (exact) mass is 126 g/mol. The molecule has 0 amide bonds. The summed E-state index contributed by atoms with van der Waals surface area (Å²) in [6.45, 7) is 5.83. The third-order valence-electron chi connectivity index (χ3n) is 1.43. The summed E-state index contributed by atoms with van der Waals surface area (Å²) in [6, 6.07) is 0. The Morgan fingerprint density at radius 3 is 2.56 bits per heavy atom. The van der Waals surface area contributed by atoms with E-state index in [0.717, 1.165) is 6.42 Å². The van der Waals surface area contributed by atoms with Crippen LogP contribution in [0.1, 0.15) is 27.2 Å². The highest BCUT2D eigenvalue weighted by Crippen LogP contribution is 2.01. The first-order chi connectivity index (χ1) is 4.22. The van der Waals surface area contributed by atoms with Crippen LogP contribution < -0.4 is 0 Å². The number of ketones is 1. The third kappa shape index (κ3) is 3.07. The first kappa shape index (κ1) is 8.41. The van der Waals surface area contributed by atoms with Crippen molar-refractivity contribution in [3.8, 4) is 0 Å². The predicted molar refractivity (Wildman–Crippen MR) is 39.3 cm³/mol. The zero-order valence-electron chi connectivity index (χ0n) is 6.35. The summed E-state index contributed by atoms with van der Waals surface area (Å²) < 4.78 is 0. The Labute approximate surface area is 56.8 Å². The van der Waals surface area contributed by atoms with Gasteiger partial charge >= 0.3 is 0 Å². The van der Waals surface area contributed by atoms with E-state index < -0.39 is 0 Å². The van der Waals surface area contributed by atoms with Crippen molar-refractivity contribution < 1.29 is 4.79 Å². The molecule has 1 atom stereocenters. The number of carbonyl (C=O) groups is 1. The van der Waals surface area contributed by atoms with Crippen molar-refractivity contribution >= 4 is 5.78 Å². The molecule has 0 bridgehead atoms. The van der Waals surface area contributed by atoms with Gasteiger partial charge in [0.05, 0.1) is 0 Å². The van der Waals surface area contributed by atoms with Crippen molar-refractivity contribution in [3.05, 3.63) is 12.2 Å². The average Bonchev–Trinajstić information content (AvgIpc) is 1.87. The fourth-order valence-electron chi connectivity index (χ4n) is 0.530. The Hall–Kier alpha value is -0.590. The van der Waals surface area contributed by atoms with Gasteiger partial charge in [0.25, 0.3) is 0 Å². The Balaban J connectivity index is 3.73. The van der Waals surface area contributed by atoms with E-state index in [-0.39, 0.29) is 11.7 Å². The van der Waals surface area contributed by atoms with Crippen molar-refractivity contribution in [1.29, 1.82) is 0 Å². The fourth-order valence-corrected chi connectivity index (χ4v) is 0.530. The third-order valence-corrected chi connectivity index (χ3v) is 1.43. The summed E-state index contributed by atoms with van der Waals surface area (Å²) >= 11 is 0.